The first-order valence-electron chi connectivity index (χ1n) is 2.83. The average molecular weight is 148 g/mol. The molecule has 0 saturated carbocycles. The summed E-state index contributed by atoms with van der Waals surface area (Å²) >= 11 is 0. The van der Waals surface area contributed by atoms with Crippen LogP contribution < -0.4 is 0 Å². The Balaban J connectivity index is -0.0000000600. The number of carbonyl (C=O) groups is 1. The number of ketones is 1. The summed E-state index contributed by atoms with van der Waals surface area (Å²) in [7, 11) is 0. The van der Waals surface area contributed by atoms with Gasteiger partial charge in [-0.1, -0.05) is 36.1 Å². The Kier molecular flexibility index (Phi) is 35.9. The monoisotopic (exact) mass is 148 g/mol. The maximum absolute atomic E-state index is 10.4. The molecule has 0 amide bonds. The molecule has 0 rings (SSSR count). The lowest BCUT2D eigenvalue weighted by Gasteiger charge is -1.87. The highest BCUT2D eigenvalue weighted by molar-refractivity contribution is 5.77. The summed E-state index contributed by atoms with van der Waals surface area (Å²) in [6.45, 7) is 3.92. The van der Waals surface area contributed by atoms with Crippen LogP contribution in [0.3, 0.4) is 0 Å². The molecule has 0 aliphatic rings. The second-order valence-electron chi connectivity index (χ2n) is 1.64. The van der Waals surface area contributed by atoms with Gasteiger partial charge < -0.3 is 0 Å². The zero-order valence-corrected chi connectivity index (χ0v) is 5.03. The van der Waals surface area contributed by atoms with Crippen LogP contribution in [0.25, 0.3) is 0 Å². The van der Waals surface area contributed by atoms with Gasteiger partial charge in [0, 0.05) is 12.8 Å². The molecule has 0 aromatic heterocycles. The fraction of sp³-hybridized carbons (Fsp3) is 0.889. The van der Waals surface area contributed by atoms with Gasteiger partial charge in [0.2, 0.25) is 0 Å². The van der Waals surface area contributed by atoms with Crippen molar-refractivity contribution in [3.8, 4) is 0 Å². The van der Waals surface area contributed by atoms with Gasteiger partial charge in [-0.3, -0.25) is 4.79 Å². The van der Waals surface area contributed by atoms with Crippen molar-refractivity contribution < 1.29 is 4.79 Å². The molecule has 0 saturated heterocycles. The molecule has 10 heavy (non-hydrogen) atoms. The molecular formula is C9H24O. The minimum Gasteiger partial charge on any atom is -0.300 e. The average Bonchev–Trinajstić information content (AvgIpc) is 1.68. The second kappa shape index (κ2) is 15.9. The maximum Gasteiger partial charge on any atom is 0.132 e. The lowest BCUT2D eigenvalue weighted by atomic mass is 10.2. The van der Waals surface area contributed by atoms with E-state index in [0.717, 1.165) is 12.8 Å². The quantitative estimate of drug-likeness (QED) is 0.596. The highest BCUT2D eigenvalue weighted by atomic mass is 16.1. The van der Waals surface area contributed by atoms with E-state index in [1.54, 1.807) is 0 Å². The van der Waals surface area contributed by atoms with E-state index in [2.05, 4.69) is 0 Å². The molecule has 0 heterocycles. The lowest BCUT2D eigenvalue weighted by Crippen LogP contribution is -1.91. The van der Waals surface area contributed by atoms with Crippen molar-refractivity contribution in [3.05, 3.63) is 0 Å². The van der Waals surface area contributed by atoms with E-state index in [1.165, 1.54) is 0 Å². The molecule has 0 spiro atoms. The summed E-state index contributed by atoms with van der Waals surface area (Å²) in [5.74, 6) is 0.377. The highest BCUT2D eigenvalue weighted by Gasteiger charge is 1.91. The Morgan fingerprint density at radius 2 is 1.50 bits per heavy atom. The highest BCUT2D eigenvalue weighted by Crippen LogP contribution is 1.90. The molecule has 0 unspecified atom stereocenters. The third-order valence-electron chi connectivity index (χ3n) is 0.923. The summed E-state index contributed by atoms with van der Waals surface area (Å²) in [6, 6.07) is 0. The molecule has 0 bridgehead atoms. The van der Waals surface area contributed by atoms with Crippen molar-refractivity contribution in [2.75, 3.05) is 0 Å². The van der Waals surface area contributed by atoms with Crippen LogP contribution in [0, 0.1) is 0 Å². The standard InChI is InChI=1S/C6H12O.3CH4/c1-3-5-6(7)4-2;;;/h3-5H2,1-2H3;3*1H4. The smallest absolute Gasteiger partial charge is 0.132 e. The number of hydrogen-bond donors (Lipinski definition) is 0. The largest absolute Gasteiger partial charge is 0.300 e. The van der Waals surface area contributed by atoms with Crippen molar-refractivity contribution in [2.24, 2.45) is 0 Å². The summed E-state index contributed by atoms with van der Waals surface area (Å²) < 4.78 is 0. The molecule has 0 aromatic rings. The number of Topliss-reactive ketones (excluding diaryl/α,β-unsaturated/α-hetero) is 1. The first-order chi connectivity index (χ1) is 3.31. The fourth-order valence-electron chi connectivity index (χ4n) is 0.456. The molecule has 1 heteroatoms. The summed E-state index contributed by atoms with van der Waals surface area (Å²) in [5, 5.41) is 0. The predicted molar refractivity (Wildman–Crippen MR) is 50.4 cm³/mol. The van der Waals surface area contributed by atoms with E-state index in [1.807, 2.05) is 13.8 Å². The normalized spacial score (nSPS) is 6.20. The fourth-order valence-corrected chi connectivity index (χ4v) is 0.456. The number of carbonyl (C=O) groups excluding carboxylic acids is 1. The van der Waals surface area contributed by atoms with Gasteiger partial charge in [0.15, 0.2) is 0 Å². The third-order valence-corrected chi connectivity index (χ3v) is 0.923. The van der Waals surface area contributed by atoms with Crippen LogP contribution in [0.15, 0.2) is 0 Å². The van der Waals surface area contributed by atoms with Crippen molar-refractivity contribution in [1.82, 2.24) is 0 Å². The maximum atomic E-state index is 10.4. The Morgan fingerprint density at radius 3 is 1.60 bits per heavy atom. The molecule has 1 nitrogen and oxygen atoms in total. The Bertz CT molecular complexity index is 57.7. The predicted octanol–water partition coefficient (Wildman–Crippen LogP) is 3.67. The van der Waals surface area contributed by atoms with E-state index >= 15 is 0 Å². The van der Waals surface area contributed by atoms with Crippen LogP contribution in [0.4, 0.5) is 0 Å². The van der Waals surface area contributed by atoms with Gasteiger partial charge in [-0.25, -0.2) is 0 Å². The zero-order chi connectivity index (χ0) is 5.70. The molecule has 0 aliphatic carbocycles. The van der Waals surface area contributed by atoms with E-state index in [-0.39, 0.29) is 22.3 Å². The van der Waals surface area contributed by atoms with Crippen LogP contribution in [0.1, 0.15) is 55.4 Å². The van der Waals surface area contributed by atoms with Gasteiger partial charge in [0.1, 0.15) is 5.78 Å². The van der Waals surface area contributed by atoms with Crippen molar-refractivity contribution in [2.45, 2.75) is 55.4 Å². The molecule has 66 valence electrons. The first-order valence-corrected chi connectivity index (χ1v) is 2.83. The SMILES string of the molecule is C.C.C.CCCC(=O)CC. The molecule has 0 fully saturated rings. The molecule has 0 aromatic carbocycles. The molecular weight excluding hydrogens is 124 g/mol. The minimum atomic E-state index is 0. The van der Waals surface area contributed by atoms with E-state index in [4.69, 9.17) is 0 Å². The Morgan fingerprint density at radius 1 is 1.10 bits per heavy atom. The van der Waals surface area contributed by atoms with Gasteiger partial charge in [-0.15, -0.1) is 0 Å². The van der Waals surface area contributed by atoms with Crippen molar-refractivity contribution in [3.63, 3.8) is 0 Å². The number of hydrogen-bond acceptors (Lipinski definition) is 1. The van der Waals surface area contributed by atoms with Crippen LogP contribution >= 0.6 is 0 Å². The van der Waals surface area contributed by atoms with Gasteiger partial charge in [0.25, 0.3) is 0 Å². The van der Waals surface area contributed by atoms with Crippen LogP contribution in [-0.4, -0.2) is 5.78 Å². The molecule has 0 aliphatic heterocycles. The van der Waals surface area contributed by atoms with E-state index in [9.17, 15) is 4.79 Å². The number of rotatable bonds is 3. The van der Waals surface area contributed by atoms with E-state index in [0.29, 0.717) is 12.2 Å². The Hall–Kier alpha value is -0.330. The van der Waals surface area contributed by atoms with Crippen LogP contribution in [0.2, 0.25) is 0 Å². The minimum absolute atomic E-state index is 0. The topological polar surface area (TPSA) is 17.1 Å². The summed E-state index contributed by atoms with van der Waals surface area (Å²) in [6.07, 6.45) is 2.46. The molecule has 0 atom stereocenters. The second-order valence-corrected chi connectivity index (χ2v) is 1.64. The zero-order valence-electron chi connectivity index (χ0n) is 5.03. The first kappa shape index (κ1) is 22.6. The third kappa shape index (κ3) is 15.6. The van der Waals surface area contributed by atoms with Crippen molar-refractivity contribution in [1.29, 1.82) is 0 Å². The van der Waals surface area contributed by atoms with Crippen LogP contribution in [-0.2, 0) is 4.79 Å². The van der Waals surface area contributed by atoms with Gasteiger partial charge in [-0.2, -0.15) is 0 Å². The molecule has 0 N–H and O–H groups in total. The van der Waals surface area contributed by atoms with Crippen LogP contribution in [0.5, 0.6) is 0 Å². The molecule has 0 radical (unpaired) electrons. The summed E-state index contributed by atoms with van der Waals surface area (Å²) in [4.78, 5) is 10.4. The summed E-state index contributed by atoms with van der Waals surface area (Å²) in [5.41, 5.74) is 0. The van der Waals surface area contributed by atoms with Crippen molar-refractivity contribution >= 4 is 5.78 Å². The lowest BCUT2D eigenvalue weighted by molar-refractivity contribution is -0.118. The van der Waals surface area contributed by atoms with Gasteiger partial charge in [0.05, 0.1) is 0 Å². The van der Waals surface area contributed by atoms with Gasteiger partial charge >= 0.3 is 0 Å². The van der Waals surface area contributed by atoms with E-state index < -0.39 is 0 Å². The Labute approximate surface area is 66.8 Å². The van der Waals surface area contributed by atoms with Gasteiger partial charge in [-0.05, 0) is 6.42 Å².